The number of fused-ring (bicyclic) bond motifs is 1. The molecule has 2 aromatic carbocycles. The van der Waals surface area contributed by atoms with Gasteiger partial charge in [0.05, 0.1) is 0 Å². The van der Waals surface area contributed by atoms with Crippen molar-refractivity contribution in [3.8, 4) is 0 Å². The molecule has 3 rings (SSSR count). The number of furan rings is 1. The van der Waals surface area contributed by atoms with Crippen LogP contribution in [0.4, 0.5) is 0 Å². The maximum Gasteiger partial charge on any atom is 0.228 e. The minimum Gasteiger partial charge on any atom is -0.452 e. The molecule has 0 spiro atoms. The summed E-state index contributed by atoms with van der Waals surface area (Å²) in [4.78, 5) is 12.3. The van der Waals surface area contributed by atoms with Crippen LogP contribution >= 0.6 is 11.6 Å². The summed E-state index contributed by atoms with van der Waals surface area (Å²) in [7, 11) is 0. The van der Waals surface area contributed by atoms with Crippen molar-refractivity contribution in [1.82, 2.24) is 0 Å². The molecule has 1 heterocycles. The van der Waals surface area contributed by atoms with Crippen molar-refractivity contribution in [3.05, 3.63) is 70.4 Å². The largest absolute Gasteiger partial charge is 0.452 e. The number of aryl methyl sites for hydroxylation is 1. The first kappa shape index (κ1) is 12.0. The molecule has 3 heteroatoms. The topological polar surface area (TPSA) is 30.2 Å². The minimum atomic E-state index is -0.132. The zero-order valence-electron chi connectivity index (χ0n) is 10.3. The molecule has 3 aromatic rings. The van der Waals surface area contributed by atoms with Crippen molar-refractivity contribution < 1.29 is 9.21 Å². The number of hydrogen-bond acceptors (Lipinski definition) is 2. The Morgan fingerprint density at radius 3 is 2.53 bits per heavy atom. The lowest BCUT2D eigenvalue weighted by Gasteiger charge is -1.97. The number of carbonyl (C=O) groups is 1. The van der Waals surface area contributed by atoms with Gasteiger partial charge < -0.3 is 4.42 Å². The number of carbonyl (C=O) groups excluding carboxylic acids is 1. The van der Waals surface area contributed by atoms with Crippen LogP contribution in [-0.2, 0) is 0 Å². The lowest BCUT2D eigenvalue weighted by Crippen LogP contribution is -1.98. The maximum atomic E-state index is 12.3. The van der Waals surface area contributed by atoms with Gasteiger partial charge in [0.25, 0.3) is 0 Å². The maximum absolute atomic E-state index is 12.3. The summed E-state index contributed by atoms with van der Waals surface area (Å²) in [6, 6.07) is 14.4. The Labute approximate surface area is 115 Å². The number of benzene rings is 2. The third kappa shape index (κ3) is 2.15. The van der Waals surface area contributed by atoms with E-state index in [1.165, 1.54) is 0 Å². The second kappa shape index (κ2) is 4.56. The van der Waals surface area contributed by atoms with Crippen LogP contribution in [0.3, 0.4) is 0 Å². The fraction of sp³-hybridized carbons (Fsp3) is 0.0625. The van der Waals surface area contributed by atoms with Gasteiger partial charge in [0.15, 0.2) is 5.76 Å². The molecule has 0 N–H and O–H groups in total. The highest BCUT2D eigenvalue weighted by atomic mass is 35.5. The fourth-order valence-electron chi connectivity index (χ4n) is 2.06. The van der Waals surface area contributed by atoms with E-state index in [1.54, 1.807) is 30.3 Å². The molecular weight excluding hydrogens is 260 g/mol. The quantitative estimate of drug-likeness (QED) is 0.636. The van der Waals surface area contributed by atoms with E-state index in [-0.39, 0.29) is 5.78 Å². The Kier molecular flexibility index (Phi) is 2.88. The molecule has 0 radical (unpaired) electrons. The predicted molar refractivity (Wildman–Crippen MR) is 75.8 cm³/mol. The number of para-hydroxylation sites is 1. The van der Waals surface area contributed by atoms with Gasteiger partial charge in [-0.15, -0.1) is 0 Å². The third-order valence-electron chi connectivity index (χ3n) is 3.07. The average Bonchev–Trinajstić information content (AvgIpc) is 2.84. The zero-order chi connectivity index (χ0) is 13.4. The summed E-state index contributed by atoms with van der Waals surface area (Å²) in [6.07, 6.45) is 0. The normalized spacial score (nSPS) is 10.8. The van der Waals surface area contributed by atoms with Crippen molar-refractivity contribution >= 4 is 28.4 Å². The first-order valence-electron chi connectivity index (χ1n) is 5.94. The Bertz CT molecular complexity index is 754. The molecule has 0 bridgehead atoms. The van der Waals surface area contributed by atoms with Crippen LogP contribution in [0.25, 0.3) is 11.0 Å². The van der Waals surface area contributed by atoms with E-state index in [4.69, 9.17) is 16.0 Å². The van der Waals surface area contributed by atoms with Crippen molar-refractivity contribution in [2.45, 2.75) is 6.92 Å². The molecule has 0 amide bonds. The van der Waals surface area contributed by atoms with Gasteiger partial charge in [0.2, 0.25) is 5.78 Å². The first-order chi connectivity index (χ1) is 9.15. The smallest absolute Gasteiger partial charge is 0.228 e. The van der Waals surface area contributed by atoms with E-state index in [0.717, 1.165) is 16.5 Å². The van der Waals surface area contributed by atoms with Gasteiger partial charge in [-0.3, -0.25) is 4.79 Å². The van der Waals surface area contributed by atoms with Crippen LogP contribution < -0.4 is 0 Å². The summed E-state index contributed by atoms with van der Waals surface area (Å²) in [5, 5.41) is 1.55. The van der Waals surface area contributed by atoms with Gasteiger partial charge in [-0.1, -0.05) is 29.8 Å². The predicted octanol–water partition coefficient (Wildman–Crippen LogP) is 4.63. The fourth-order valence-corrected chi connectivity index (χ4v) is 2.19. The van der Waals surface area contributed by atoms with E-state index in [9.17, 15) is 4.79 Å². The number of rotatable bonds is 2. The molecule has 0 aliphatic heterocycles. The van der Waals surface area contributed by atoms with Crippen molar-refractivity contribution in [1.29, 1.82) is 0 Å². The molecule has 19 heavy (non-hydrogen) atoms. The highest BCUT2D eigenvalue weighted by Gasteiger charge is 2.15. The second-order valence-corrected chi connectivity index (χ2v) is 4.88. The van der Waals surface area contributed by atoms with Gasteiger partial charge in [0.1, 0.15) is 5.58 Å². The van der Waals surface area contributed by atoms with Crippen molar-refractivity contribution in [2.24, 2.45) is 0 Å². The molecule has 0 saturated heterocycles. The third-order valence-corrected chi connectivity index (χ3v) is 3.32. The molecule has 94 valence electrons. The van der Waals surface area contributed by atoms with Crippen LogP contribution in [0.5, 0.6) is 0 Å². The van der Waals surface area contributed by atoms with Crippen LogP contribution in [0.1, 0.15) is 21.7 Å². The van der Waals surface area contributed by atoms with Crippen LogP contribution in [0.15, 0.2) is 52.9 Å². The lowest BCUT2D eigenvalue weighted by atomic mass is 10.1. The molecule has 2 nitrogen and oxygen atoms in total. The second-order valence-electron chi connectivity index (χ2n) is 4.44. The van der Waals surface area contributed by atoms with Gasteiger partial charge in [0, 0.05) is 16.0 Å². The van der Waals surface area contributed by atoms with Gasteiger partial charge in [-0.05, 0) is 42.8 Å². The van der Waals surface area contributed by atoms with E-state index in [2.05, 4.69) is 0 Å². The van der Waals surface area contributed by atoms with Crippen LogP contribution in [0.2, 0.25) is 5.02 Å². The standard InChI is InChI=1S/C16H11ClO2/c1-10-3-2-4-12-9-14(19-16(10)12)15(18)11-5-7-13(17)8-6-11/h2-9H,1H3. The zero-order valence-corrected chi connectivity index (χ0v) is 11.1. The number of hydrogen-bond donors (Lipinski definition) is 0. The summed E-state index contributed by atoms with van der Waals surface area (Å²) < 4.78 is 5.66. The van der Waals surface area contributed by atoms with Crippen molar-refractivity contribution in [3.63, 3.8) is 0 Å². The lowest BCUT2D eigenvalue weighted by molar-refractivity contribution is 0.101. The minimum absolute atomic E-state index is 0.132. The summed E-state index contributed by atoms with van der Waals surface area (Å²) in [6.45, 7) is 1.96. The van der Waals surface area contributed by atoms with Crippen LogP contribution in [-0.4, -0.2) is 5.78 Å². The Morgan fingerprint density at radius 1 is 1.11 bits per heavy atom. The molecule has 0 saturated carbocycles. The van der Waals surface area contributed by atoms with E-state index < -0.39 is 0 Å². The molecule has 0 atom stereocenters. The van der Waals surface area contributed by atoms with Crippen LogP contribution in [0, 0.1) is 6.92 Å². The van der Waals surface area contributed by atoms with E-state index in [1.807, 2.05) is 25.1 Å². The summed E-state index contributed by atoms with van der Waals surface area (Å²) in [5.41, 5.74) is 2.36. The van der Waals surface area contributed by atoms with Crippen molar-refractivity contribution in [2.75, 3.05) is 0 Å². The first-order valence-corrected chi connectivity index (χ1v) is 6.32. The molecule has 0 fully saturated rings. The molecule has 0 unspecified atom stereocenters. The highest BCUT2D eigenvalue weighted by Crippen LogP contribution is 2.24. The summed E-state index contributed by atoms with van der Waals surface area (Å²) in [5.74, 6) is 0.221. The van der Waals surface area contributed by atoms with Gasteiger partial charge in [-0.2, -0.15) is 0 Å². The SMILES string of the molecule is Cc1cccc2cc(C(=O)c3ccc(Cl)cc3)oc12. The van der Waals surface area contributed by atoms with Gasteiger partial charge in [-0.25, -0.2) is 0 Å². The summed E-state index contributed by atoms with van der Waals surface area (Å²) >= 11 is 5.81. The molecule has 1 aromatic heterocycles. The number of ketones is 1. The van der Waals surface area contributed by atoms with Gasteiger partial charge >= 0.3 is 0 Å². The highest BCUT2D eigenvalue weighted by molar-refractivity contribution is 6.30. The number of halogens is 1. The molecule has 0 aliphatic carbocycles. The Balaban J connectivity index is 2.06. The monoisotopic (exact) mass is 270 g/mol. The van der Waals surface area contributed by atoms with E-state index in [0.29, 0.717) is 16.3 Å². The Hall–Kier alpha value is -2.06. The molecular formula is C16H11ClO2. The Morgan fingerprint density at radius 2 is 1.84 bits per heavy atom. The molecule has 0 aliphatic rings. The van der Waals surface area contributed by atoms with E-state index >= 15 is 0 Å². The average molecular weight is 271 g/mol.